The topological polar surface area (TPSA) is 118 Å². The summed E-state index contributed by atoms with van der Waals surface area (Å²) in [6.07, 6.45) is 1.10. The molecule has 1 heterocycles. The Hall–Kier alpha value is -3.43. The van der Waals surface area contributed by atoms with Gasteiger partial charge in [-0.05, 0) is 56.7 Å². The van der Waals surface area contributed by atoms with Gasteiger partial charge < -0.3 is 20.5 Å². The molecule has 33 heavy (non-hydrogen) atoms. The number of carbonyl (C=O) groups excluding carboxylic acids is 2. The Morgan fingerprint density at radius 2 is 1.85 bits per heavy atom. The third kappa shape index (κ3) is 7.03. The van der Waals surface area contributed by atoms with Gasteiger partial charge in [-0.25, -0.2) is 9.48 Å². The fourth-order valence-electron chi connectivity index (χ4n) is 2.97. The van der Waals surface area contributed by atoms with Crippen LogP contribution in [0.3, 0.4) is 0 Å². The van der Waals surface area contributed by atoms with E-state index in [0.717, 1.165) is 5.56 Å². The van der Waals surface area contributed by atoms with Crippen molar-refractivity contribution in [3.63, 3.8) is 0 Å². The fraction of sp³-hybridized carbons (Fsp3) is 0.304. The van der Waals surface area contributed by atoms with Crippen molar-refractivity contribution in [2.75, 3.05) is 5.32 Å². The van der Waals surface area contributed by atoms with Crippen molar-refractivity contribution >= 4 is 29.3 Å². The molecule has 3 N–H and O–H groups in total. The summed E-state index contributed by atoms with van der Waals surface area (Å²) in [5.41, 5.74) is 1.70. The fourth-order valence-corrected chi connectivity index (χ4v) is 3.18. The lowest BCUT2D eigenvalue weighted by Gasteiger charge is -2.23. The Labute approximate surface area is 196 Å². The minimum Gasteiger partial charge on any atom is -0.444 e. The molecule has 2 aromatic carbocycles. The number of nitrogens with zero attached hydrogens (tertiary/aromatic N) is 3. The number of hydrogen-bond donors (Lipinski definition) is 3. The number of alkyl carbamates (subject to hydrolysis) is 1. The van der Waals surface area contributed by atoms with Crippen molar-refractivity contribution in [3.05, 3.63) is 71.0 Å². The number of hydrogen-bond acceptors (Lipinski definition) is 6. The summed E-state index contributed by atoms with van der Waals surface area (Å²) in [4.78, 5) is 25.4. The summed E-state index contributed by atoms with van der Waals surface area (Å²) in [5, 5.41) is 22.8. The summed E-state index contributed by atoms with van der Waals surface area (Å²) < 4.78 is 6.83. The normalized spacial score (nSPS) is 12.2. The maximum Gasteiger partial charge on any atom is 0.408 e. The quantitative estimate of drug-likeness (QED) is 0.485. The van der Waals surface area contributed by atoms with E-state index in [9.17, 15) is 9.59 Å². The van der Waals surface area contributed by atoms with Gasteiger partial charge in [0.1, 0.15) is 17.3 Å². The van der Waals surface area contributed by atoms with E-state index in [4.69, 9.17) is 21.4 Å². The number of ether oxygens (including phenoxy) is 1. The number of amides is 2. The lowest BCUT2D eigenvalue weighted by Crippen LogP contribution is -2.47. The Bertz CT molecular complexity index is 1110. The number of anilines is 1. The highest BCUT2D eigenvalue weighted by molar-refractivity contribution is 6.31. The summed E-state index contributed by atoms with van der Waals surface area (Å²) in [5.74, 6) is -0.420. The van der Waals surface area contributed by atoms with E-state index in [2.05, 4.69) is 20.9 Å². The number of rotatable bonds is 7. The number of carbonyl (C=O) groups is 2. The van der Waals surface area contributed by atoms with E-state index in [1.54, 1.807) is 69.4 Å². The molecule has 9 nitrogen and oxygen atoms in total. The average Bonchev–Trinajstić information content (AvgIpc) is 3.23. The van der Waals surface area contributed by atoms with Crippen LogP contribution < -0.4 is 10.6 Å². The van der Waals surface area contributed by atoms with Crippen LogP contribution in [0.25, 0.3) is 5.69 Å². The van der Waals surface area contributed by atoms with Gasteiger partial charge in [0.15, 0.2) is 0 Å². The maximum atomic E-state index is 13.0. The van der Waals surface area contributed by atoms with Crippen LogP contribution in [0.5, 0.6) is 0 Å². The summed E-state index contributed by atoms with van der Waals surface area (Å²) >= 11 is 6.26. The minimum absolute atomic E-state index is 0.186. The van der Waals surface area contributed by atoms with E-state index in [1.165, 1.54) is 4.68 Å². The number of aliphatic hydroxyl groups excluding tert-OH is 1. The van der Waals surface area contributed by atoms with Crippen LogP contribution in [-0.4, -0.2) is 43.7 Å². The summed E-state index contributed by atoms with van der Waals surface area (Å²) in [6, 6.07) is 13.1. The molecule has 10 heteroatoms. The third-order valence-corrected chi connectivity index (χ3v) is 4.86. The Morgan fingerprint density at radius 1 is 1.15 bits per heavy atom. The molecule has 0 saturated carbocycles. The smallest absolute Gasteiger partial charge is 0.408 e. The van der Waals surface area contributed by atoms with E-state index in [1.807, 2.05) is 6.07 Å². The molecule has 1 unspecified atom stereocenters. The Morgan fingerprint density at radius 3 is 2.45 bits per heavy atom. The molecule has 3 aromatic rings. The van der Waals surface area contributed by atoms with Gasteiger partial charge in [-0.2, -0.15) is 0 Å². The third-order valence-electron chi connectivity index (χ3n) is 4.49. The van der Waals surface area contributed by atoms with Crippen molar-refractivity contribution in [2.45, 2.75) is 45.4 Å². The van der Waals surface area contributed by atoms with Crippen molar-refractivity contribution in [1.82, 2.24) is 20.3 Å². The second kappa shape index (κ2) is 10.5. The molecule has 1 aromatic heterocycles. The molecule has 0 bridgehead atoms. The number of aromatic nitrogens is 3. The standard InChI is InChI=1S/C23H26ClN5O4/c1-23(2,3)33-22(32)26-20(12-15-6-4-5-7-19(15)24)21(31)25-16-8-10-18(11-9-16)29-13-17(14-30)27-28-29/h4-11,13,20,30H,12,14H2,1-3H3,(H,25,31)(H,26,32). The van der Waals surface area contributed by atoms with Crippen molar-refractivity contribution in [3.8, 4) is 5.69 Å². The lowest BCUT2D eigenvalue weighted by molar-refractivity contribution is -0.118. The highest BCUT2D eigenvalue weighted by Crippen LogP contribution is 2.19. The van der Waals surface area contributed by atoms with Crippen LogP contribution in [-0.2, 0) is 22.6 Å². The van der Waals surface area contributed by atoms with Gasteiger partial charge in [0.25, 0.3) is 0 Å². The van der Waals surface area contributed by atoms with Gasteiger partial charge in [-0.1, -0.05) is 35.0 Å². The maximum absolute atomic E-state index is 13.0. The van der Waals surface area contributed by atoms with Gasteiger partial charge in [0.2, 0.25) is 5.91 Å². The van der Waals surface area contributed by atoms with Gasteiger partial charge in [-0.15, -0.1) is 5.10 Å². The molecule has 2 amide bonds. The zero-order chi connectivity index (χ0) is 24.0. The second-order valence-electron chi connectivity index (χ2n) is 8.34. The van der Waals surface area contributed by atoms with Gasteiger partial charge >= 0.3 is 6.09 Å². The van der Waals surface area contributed by atoms with Crippen LogP contribution >= 0.6 is 11.6 Å². The first-order valence-corrected chi connectivity index (χ1v) is 10.7. The molecule has 0 fully saturated rings. The molecule has 174 valence electrons. The molecule has 3 rings (SSSR count). The zero-order valence-corrected chi connectivity index (χ0v) is 19.3. The number of nitrogens with one attached hydrogen (secondary N) is 2. The van der Waals surface area contributed by atoms with Crippen molar-refractivity contribution in [1.29, 1.82) is 0 Å². The Kier molecular flexibility index (Phi) is 7.67. The van der Waals surface area contributed by atoms with Crippen molar-refractivity contribution in [2.24, 2.45) is 0 Å². The molecule has 0 radical (unpaired) electrons. The molecular weight excluding hydrogens is 446 g/mol. The second-order valence-corrected chi connectivity index (χ2v) is 8.75. The SMILES string of the molecule is CC(C)(C)OC(=O)NC(Cc1ccccc1Cl)C(=O)Nc1ccc(-n2cc(CO)nn2)cc1. The van der Waals surface area contributed by atoms with Crippen LogP contribution in [0.1, 0.15) is 32.0 Å². The molecular formula is C23H26ClN5O4. The van der Waals surface area contributed by atoms with Crippen LogP contribution in [0.2, 0.25) is 5.02 Å². The first kappa shape index (κ1) is 24.2. The highest BCUT2D eigenvalue weighted by Gasteiger charge is 2.25. The first-order valence-electron chi connectivity index (χ1n) is 10.3. The number of aliphatic hydroxyl groups is 1. The zero-order valence-electron chi connectivity index (χ0n) is 18.6. The van der Waals surface area contributed by atoms with Crippen LogP contribution in [0.15, 0.2) is 54.7 Å². The van der Waals surface area contributed by atoms with Crippen LogP contribution in [0, 0.1) is 0 Å². The van der Waals surface area contributed by atoms with Gasteiger partial charge in [0.05, 0.1) is 18.5 Å². The van der Waals surface area contributed by atoms with Gasteiger partial charge in [-0.3, -0.25) is 4.79 Å². The monoisotopic (exact) mass is 471 g/mol. The number of benzene rings is 2. The molecule has 1 atom stereocenters. The van der Waals surface area contributed by atoms with Crippen molar-refractivity contribution < 1.29 is 19.4 Å². The largest absolute Gasteiger partial charge is 0.444 e. The molecule has 0 spiro atoms. The predicted molar refractivity (Wildman–Crippen MR) is 124 cm³/mol. The van der Waals surface area contributed by atoms with Crippen LogP contribution in [0.4, 0.5) is 10.5 Å². The molecule has 0 saturated heterocycles. The average molecular weight is 472 g/mol. The predicted octanol–water partition coefficient (Wildman–Crippen LogP) is 3.49. The van der Waals surface area contributed by atoms with E-state index < -0.39 is 23.6 Å². The minimum atomic E-state index is -0.915. The Balaban J connectivity index is 1.74. The summed E-state index contributed by atoms with van der Waals surface area (Å²) in [6.45, 7) is 5.04. The first-order chi connectivity index (χ1) is 15.6. The van der Waals surface area contributed by atoms with E-state index >= 15 is 0 Å². The highest BCUT2D eigenvalue weighted by atomic mass is 35.5. The number of halogens is 1. The molecule has 0 aliphatic heterocycles. The molecule has 0 aliphatic carbocycles. The molecule has 0 aliphatic rings. The van der Waals surface area contributed by atoms with Gasteiger partial charge in [0, 0.05) is 17.1 Å². The lowest BCUT2D eigenvalue weighted by atomic mass is 10.0. The summed E-state index contributed by atoms with van der Waals surface area (Å²) in [7, 11) is 0. The van der Waals surface area contributed by atoms with E-state index in [0.29, 0.717) is 22.1 Å². The van der Waals surface area contributed by atoms with E-state index in [-0.39, 0.29) is 13.0 Å².